The Kier molecular flexibility index (Phi) is 36.7. The Bertz CT molecular complexity index is 1330. The lowest BCUT2D eigenvalue weighted by Crippen LogP contribution is -2.61. The molecule has 2 saturated heterocycles. The number of carbonyl (C=O) groups is 2. The third-order valence-corrected chi connectivity index (χ3v) is 12.6. The van der Waals surface area contributed by atoms with Crippen molar-refractivity contribution in [3.8, 4) is 0 Å². The van der Waals surface area contributed by atoms with Gasteiger partial charge >= 0.3 is 11.9 Å². The Labute approximate surface area is 408 Å². The first kappa shape index (κ1) is 61.8. The third-order valence-electron chi connectivity index (χ3n) is 12.6. The molecule has 0 bridgehead atoms. The quantitative estimate of drug-likeness (QED) is 0.0177. The van der Waals surface area contributed by atoms with Crippen molar-refractivity contribution in [1.29, 1.82) is 0 Å². The topological polar surface area (TPSA) is 231 Å². The van der Waals surface area contributed by atoms with E-state index >= 15 is 0 Å². The lowest BCUT2D eigenvalue weighted by atomic mass is 9.98. The molecule has 4 unspecified atom stereocenters. The summed E-state index contributed by atoms with van der Waals surface area (Å²) < 4.78 is 33.5. The minimum absolute atomic E-state index is 0.148. The van der Waals surface area contributed by atoms with Gasteiger partial charge in [0, 0.05) is 12.8 Å². The molecule has 0 aliphatic carbocycles. The molecule has 0 aromatic carbocycles. The van der Waals surface area contributed by atoms with Gasteiger partial charge in [-0.05, 0) is 44.9 Å². The van der Waals surface area contributed by atoms with Crippen LogP contribution in [0.15, 0.2) is 36.5 Å². The predicted molar refractivity (Wildman–Crippen MR) is 261 cm³/mol. The van der Waals surface area contributed by atoms with Gasteiger partial charge in [0.25, 0.3) is 0 Å². The van der Waals surface area contributed by atoms with Crippen LogP contribution < -0.4 is 0 Å². The summed E-state index contributed by atoms with van der Waals surface area (Å²) >= 11 is 0. The molecule has 7 N–H and O–H groups in total. The van der Waals surface area contributed by atoms with Crippen LogP contribution in [0.3, 0.4) is 0 Å². The first-order valence-electron chi connectivity index (χ1n) is 26.6. The smallest absolute Gasteiger partial charge is 0.306 e. The van der Waals surface area contributed by atoms with Crippen LogP contribution in [0, 0.1) is 0 Å². The standard InChI is InChI=1S/C53H94O15/c1-3-5-7-9-11-13-15-17-19-20-22-23-25-27-29-31-33-35-44(55)63-38-41(66-45(56)36-34-32-30-28-26-24-21-18-16-14-12-10-8-6-4-2)39-64-52-51(62)49(60)47(58)43(68-52)40-65-53-50(61)48(59)46(57)42(37-54)67-53/h17,19,22-23,27,29,41-43,46-54,57-62H,3-16,18,20-21,24-26,28,30-40H2,1-2H3/b19-17+,23-22+,29-27+/t41-,42+,43+,46-,47-,48?,49?,50?,51?,52+,53+/m0/s1. The molecule has 0 amide bonds. The minimum Gasteiger partial charge on any atom is -0.462 e. The van der Waals surface area contributed by atoms with Crippen LogP contribution in [0.1, 0.15) is 194 Å². The largest absolute Gasteiger partial charge is 0.462 e. The first-order valence-corrected chi connectivity index (χ1v) is 26.6. The van der Waals surface area contributed by atoms with E-state index in [1.165, 1.54) is 109 Å². The molecule has 2 aliphatic heterocycles. The van der Waals surface area contributed by atoms with Crippen LogP contribution in [0.2, 0.25) is 0 Å². The van der Waals surface area contributed by atoms with Gasteiger partial charge in [-0.15, -0.1) is 0 Å². The summed E-state index contributed by atoms with van der Waals surface area (Å²) in [5.74, 6) is -0.980. The molecule has 0 aromatic rings. The van der Waals surface area contributed by atoms with E-state index in [0.717, 1.165) is 38.5 Å². The molecule has 396 valence electrons. The number of allylic oxidation sites excluding steroid dienone is 6. The highest BCUT2D eigenvalue weighted by Crippen LogP contribution is 2.26. The van der Waals surface area contributed by atoms with Crippen LogP contribution in [0.25, 0.3) is 0 Å². The Morgan fingerprint density at radius 2 is 0.897 bits per heavy atom. The molecule has 2 rings (SSSR count). The van der Waals surface area contributed by atoms with E-state index in [2.05, 4.69) is 44.2 Å². The lowest BCUT2D eigenvalue weighted by Gasteiger charge is -2.42. The summed E-state index contributed by atoms with van der Waals surface area (Å²) in [7, 11) is 0. The average molecular weight is 971 g/mol. The predicted octanol–water partition coefficient (Wildman–Crippen LogP) is 7.71. The zero-order valence-electron chi connectivity index (χ0n) is 41.8. The maximum Gasteiger partial charge on any atom is 0.306 e. The van der Waals surface area contributed by atoms with E-state index in [4.69, 9.17) is 28.4 Å². The number of esters is 2. The molecule has 0 radical (unpaired) electrons. The summed E-state index contributed by atoms with van der Waals surface area (Å²) in [5.41, 5.74) is 0. The zero-order chi connectivity index (χ0) is 49.6. The Morgan fingerprint density at radius 3 is 1.43 bits per heavy atom. The van der Waals surface area contributed by atoms with Crippen LogP contribution in [0.4, 0.5) is 0 Å². The van der Waals surface area contributed by atoms with E-state index in [0.29, 0.717) is 19.3 Å². The summed E-state index contributed by atoms with van der Waals surface area (Å²) in [6, 6.07) is 0. The SMILES string of the molecule is CCCCCCCC/C=C/C/C=C/C/C=C/CCCC(=O)OC[C@@H](CO[C@@H]1O[C@H](CO[C@@H]2O[C@H](CO)[C@H](O)C(O)C2O)[C@H](O)C(O)C1O)OC(=O)CCCCCCCCCCCCCCCCC. The Morgan fingerprint density at radius 1 is 0.471 bits per heavy atom. The van der Waals surface area contributed by atoms with Crippen molar-refractivity contribution in [2.75, 3.05) is 26.4 Å². The highest BCUT2D eigenvalue weighted by Gasteiger charge is 2.47. The molecule has 0 aromatic heterocycles. The summed E-state index contributed by atoms with van der Waals surface area (Å²) in [6.07, 6.45) is 26.0. The van der Waals surface area contributed by atoms with Crippen molar-refractivity contribution >= 4 is 11.9 Å². The average Bonchev–Trinajstić information content (AvgIpc) is 3.33. The number of hydrogen-bond donors (Lipinski definition) is 7. The molecule has 2 aliphatic rings. The van der Waals surface area contributed by atoms with E-state index in [1.54, 1.807) is 0 Å². The lowest BCUT2D eigenvalue weighted by molar-refractivity contribution is -0.332. The number of unbranched alkanes of at least 4 members (excludes halogenated alkanes) is 21. The van der Waals surface area contributed by atoms with Crippen LogP contribution in [0.5, 0.6) is 0 Å². The number of rotatable bonds is 41. The number of hydrogen-bond acceptors (Lipinski definition) is 15. The Hall–Kier alpha value is -2.28. The van der Waals surface area contributed by atoms with Crippen molar-refractivity contribution in [2.45, 2.75) is 261 Å². The van der Waals surface area contributed by atoms with Gasteiger partial charge in [-0.25, -0.2) is 0 Å². The second-order valence-electron chi connectivity index (χ2n) is 18.7. The number of aliphatic hydroxyl groups is 7. The highest BCUT2D eigenvalue weighted by molar-refractivity contribution is 5.70. The molecule has 68 heavy (non-hydrogen) atoms. The third kappa shape index (κ3) is 27.9. The van der Waals surface area contributed by atoms with Gasteiger partial charge in [-0.3, -0.25) is 9.59 Å². The van der Waals surface area contributed by atoms with Crippen molar-refractivity contribution in [1.82, 2.24) is 0 Å². The molecule has 2 heterocycles. The van der Waals surface area contributed by atoms with E-state index < -0.39 is 99.3 Å². The van der Waals surface area contributed by atoms with Gasteiger partial charge in [0.2, 0.25) is 0 Å². The summed E-state index contributed by atoms with van der Waals surface area (Å²) in [5, 5.41) is 72.1. The zero-order valence-corrected chi connectivity index (χ0v) is 41.8. The molecule has 0 spiro atoms. The van der Waals surface area contributed by atoms with Crippen molar-refractivity contribution < 1.29 is 73.8 Å². The molecule has 0 saturated carbocycles. The fraction of sp³-hybridized carbons (Fsp3) is 0.849. The summed E-state index contributed by atoms with van der Waals surface area (Å²) in [6.45, 7) is 2.54. The van der Waals surface area contributed by atoms with Gasteiger partial charge in [-0.2, -0.15) is 0 Å². The van der Waals surface area contributed by atoms with Crippen LogP contribution in [-0.4, -0.2) is 142 Å². The molecular formula is C53H94O15. The van der Waals surface area contributed by atoms with Crippen LogP contribution in [-0.2, 0) is 38.0 Å². The van der Waals surface area contributed by atoms with E-state index in [1.807, 2.05) is 6.08 Å². The molecule has 15 heteroatoms. The number of ether oxygens (including phenoxy) is 6. The maximum absolute atomic E-state index is 13.0. The van der Waals surface area contributed by atoms with Gasteiger partial charge in [0.15, 0.2) is 18.7 Å². The second kappa shape index (κ2) is 40.3. The van der Waals surface area contributed by atoms with Crippen molar-refractivity contribution in [3.63, 3.8) is 0 Å². The van der Waals surface area contributed by atoms with Gasteiger partial charge in [0.05, 0.1) is 19.8 Å². The molecule has 11 atom stereocenters. The number of carbonyl (C=O) groups excluding carboxylic acids is 2. The van der Waals surface area contributed by atoms with Crippen molar-refractivity contribution in [3.05, 3.63) is 36.5 Å². The fourth-order valence-corrected chi connectivity index (χ4v) is 8.23. The highest BCUT2D eigenvalue weighted by atomic mass is 16.7. The monoisotopic (exact) mass is 971 g/mol. The van der Waals surface area contributed by atoms with E-state index in [9.17, 15) is 45.3 Å². The maximum atomic E-state index is 13.0. The molecule has 15 nitrogen and oxygen atoms in total. The number of aliphatic hydroxyl groups excluding tert-OH is 7. The van der Waals surface area contributed by atoms with Gasteiger partial charge < -0.3 is 64.2 Å². The molecule has 2 fully saturated rings. The van der Waals surface area contributed by atoms with E-state index in [-0.39, 0.29) is 19.4 Å². The summed E-state index contributed by atoms with van der Waals surface area (Å²) in [4.78, 5) is 25.8. The van der Waals surface area contributed by atoms with Gasteiger partial charge in [-0.1, -0.05) is 172 Å². The normalized spacial score (nSPS) is 26.0. The van der Waals surface area contributed by atoms with Gasteiger partial charge in [0.1, 0.15) is 55.4 Å². The first-order chi connectivity index (χ1) is 33.0. The van der Waals surface area contributed by atoms with Crippen LogP contribution >= 0.6 is 0 Å². The Balaban J connectivity index is 1.82. The molecular weight excluding hydrogens is 877 g/mol. The minimum atomic E-state index is -1.77. The van der Waals surface area contributed by atoms with Crippen molar-refractivity contribution in [2.24, 2.45) is 0 Å². The second-order valence-corrected chi connectivity index (χ2v) is 18.7. The fourth-order valence-electron chi connectivity index (χ4n) is 8.23.